The van der Waals surface area contributed by atoms with E-state index in [0.717, 1.165) is 53.7 Å². The molecule has 1 aliphatic carbocycles. The van der Waals surface area contributed by atoms with Gasteiger partial charge in [-0.05, 0) is 55.0 Å². The van der Waals surface area contributed by atoms with Gasteiger partial charge in [0.05, 0.1) is 18.6 Å². The van der Waals surface area contributed by atoms with E-state index in [4.69, 9.17) is 9.84 Å². The quantitative estimate of drug-likeness (QED) is 0.594. The van der Waals surface area contributed by atoms with Crippen molar-refractivity contribution in [2.45, 2.75) is 56.3 Å². The molecule has 1 aliphatic heterocycles. The minimum Gasteiger partial charge on any atom is -0.482 e. The van der Waals surface area contributed by atoms with Crippen LogP contribution in [0.2, 0.25) is 0 Å². The largest absolute Gasteiger partial charge is 0.482 e. The molecule has 3 N–H and O–H groups in total. The number of halogens is 1. The fourth-order valence-corrected chi connectivity index (χ4v) is 4.73. The number of para-hydroxylation sites is 1. The second-order valence-corrected chi connectivity index (χ2v) is 8.51. The predicted octanol–water partition coefficient (Wildman–Crippen LogP) is 4.48. The minimum absolute atomic E-state index is 0.0770. The molecule has 2 aliphatic rings. The van der Waals surface area contributed by atoms with Crippen LogP contribution in [0.4, 0.5) is 4.39 Å². The molecule has 1 saturated carbocycles. The summed E-state index contributed by atoms with van der Waals surface area (Å²) < 4.78 is 20.2. The van der Waals surface area contributed by atoms with E-state index < -0.39 is 30.2 Å². The Balaban J connectivity index is 1.79. The lowest BCUT2D eigenvalue weighted by Gasteiger charge is -2.39. The van der Waals surface area contributed by atoms with Crippen molar-refractivity contribution in [2.24, 2.45) is 0 Å². The Morgan fingerprint density at radius 2 is 1.78 bits per heavy atom. The van der Waals surface area contributed by atoms with E-state index in [2.05, 4.69) is 0 Å². The summed E-state index contributed by atoms with van der Waals surface area (Å²) in [5.41, 5.74) is 3.05. The first kappa shape index (κ1) is 22.2. The summed E-state index contributed by atoms with van der Waals surface area (Å²) in [7, 11) is 0. The fraction of sp³-hybridized carbons (Fsp3) is 0.346. The third-order valence-corrected chi connectivity index (χ3v) is 6.17. The number of carboxylic acid groups (broad SMARTS) is 1. The average Bonchev–Trinajstić information content (AvgIpc) is 3.20. The van der Waals surface area contributed by atoms with Gasteiger partial charge in [-0.25, -0.2) is 4.39 Å². The van der Waals surface area contributed by atoms with Crippen LogP contribution in [0.25, 0.3) is 5.57 Å². The number of aliphatic hydroxyl groups is 2. The zero-order chi connectivity index (χ0) is 22.7. The molecule has 1 spiro atoms. The summed E-state index contributed by atoms with van der Waals surface area (Å²) in [6.45, 7) is 0. The Bertz CT molecular complexity index is 1030. The van der Waals surface area contributed by atoms with Crippen molar-refractivity contribution in [3.8, 4) is 5.75 Å². The standard InChI is InChI=1S/C26H27FO5/c27-18-9-7-17(8-10-18)25-21-5-1-2-6-23(21)32-26(13-3-4-14-26)22(25)12-11-19(28)15-20(29)16-24(30)31/h1-2,5-12,19-20,28-29H,3-4,13-16H2,(H,30,31)/b12-11+. The maximum absolute atomic E-state index is 13.7. The topological polar surface area (TPSA) is 87.0 Å². The van der Waals surface area contributed by atoms with Crippen molar-refractivity contribution in [1.82, 2.24) is 0 Å². The number of rotatable bonds is 7. The number of aliphatic carboxylic acids is 1. The van der Waals surface area contributed by atoms with E-state index in [1.165, 1.54) is 12.1 Å². The molecule has 1 heterocycles. The molecule has 168 valence electrons. The van der Waals surface area contributed by atoms with Crippen molar-refractivity contribution in [3.05, 3.63) is 83.2 Å². The molecular formula is C26H27FO5. The molecule has 32 heavy (non-hydrogen) atoms. The molecule has 5 nitrogen and oxygen atoms in total. The third-order valence-electron chi connectivity index (χ3n) is 6.17. The van der Waals surface area contributed by atoms with Crippen LogP contribution in [0.3, 0.4) is 0 Å². The van der Waals surface area contributed by atoms with Gasteiger partial charge in [0, 0.05) is 17.6 Å². The van der Waals surface area contributed by atoms with Gasteiger partial charge in [-0.3, -0.25) is 4.79 Å². The summed E-state index contributed by atoms with van der Waals surface area (Å²) >= 11 is 0. The number of ether oxygens (including phenoxy) is 1. The van der Waals surface area contributed by atoms with Gasteiger partial charge in [-0.1, -0.05) is 42.5 Å². The molecular weight excluding hydrogens is 411 g/mol. The van der Waals surface area contributed by atoms with Crippen molar-refractivity contribution in [3.63, 3.8) is 0 Å². The maximum atomic E-state index is 13.7. The van der Waals surface area contributed by atoms with E-state index in [1.54, 1.807) is 18.2 Å². The van der Waals surface area contributed by atoms with Gasteiger partial charge in [0.15, 0.2) is 0 Å². The number of hydrogen-bond acceptors (Lipinski definition) is 4. The van der Waals surface area contributed by atoms with Crippen molar-refractivity contribution in [1.29, 1.82) is 0 Å². The summed E-state index contributed by atoms with van der Waals surface area (Å²) in [5, 5.41) is 29.1. The number of hydrogen-bond donors (Lipinski definition) is 3. The number of carbonyl (C=O) groups is 1. The number of carboxylic acids is 1. The van der Waals surface area contributed by atoms with E-state index in [1.807, 2.05) is 30.3 Å². The molecule has 0 radical (unpaired) electrons. The zero-order valence-corrected chi connectivity index (χ0v) is 17.7. The van der Waals surface area contributed by atoms with Crippen LogP contribution in [0.5, 0.6) is 5.75 Å². The summed E-state index contributed by atoms with van der Waals surface area (Å²) in [4.78, 5) is 10.8. The molecule has 2 aromatic rings. The Kier molecular flexibility index (Phi) is 6.44. The Hall–Kier alpha value is -2.96. The van der Waals surface area contributed by atoms with E-state index in [0.29, 0.717) is 0 Å². The Morgan fingerprint density at radius 1 is 1.09 bits per heavy atom. The molecule has 1 fully saturated rings. The zero-order valence-electron chi connectivity index (χ0n) is 17.7. The molecule has 4 rings (SSSR count). The summed E-state index contributed by atoms with van der Waals surface area (Å²) in [6.07, 6.45) is 4.43. The lowest BCUT2D eigenvalue weighted by atomic mass is 9.79. The van der Waals surface area contributed by atoms with Gasteiger partial charge in [0.1, 0.15) is 17.2 Å². The lowest BCUT2D eigenvalue weighted by molar-refractivity contribution is -0.139. The highest BCUT2D eigenvalue weighted by Gasteiger charge is 2.44. The lowest BCUT2D eigenvalue weighted by Crippen LogP contribution is -2.38. The van der Waals surface area contributed by atoms with Crippen molar-refractivity contribution in [2.75, 3.05) is 0 Å². The highest BCUT2D eigenvalue weighted by atomic mass is 19.1. The van der Waals surface area contributed by atoms with Crippen LogP contribution in [0, 0.1) is 5.82 Å². The summed E-state index contributed by atoms with van der Waals surface area (Å²) in [6, 6.07) is 14.1. The van der Waals surface area contributed by atoms with E-state index >= 15 is 0 Å². The van der Waals surface area contributed by atoms with E-state index in [-0.39, 0.29) is 12.2 Å². The number of benzene rings is 2. The van der Waals surface area contributed by atoms with Crippen LogP contribution < -0.4 is 4.74 Å². The van der Waals surface area contributed by atoms with Gasteiger partial charge in [-0.2, -0.15) is 0 Å². The number of aliphatic hydroxyl groups excluding tert-OH is 2. The SMILES string of the molecule is O=C(O)CC(O)CC(O)/C=C/C1=C(c2ccc(F)cc2)c2ccccc2OC12CCCC2. The normalized spacial score (nSPS) is 19.1. The highest BCUT2D eigenvalue weighted by molar-refractivity contribution is 5.89. The molecule has 2 unspecified atom stereocenters. The van der Waals surface area contributed by atoms with Gasteiger partial charge in [0.25, 0.3) is 0 Å². The summed E-state index contributed by atoms with van der Waals surface area (Å²) in [5.74, 6) is -0.648. The Morgan fingerprint density at radius 3 is 2.47 bits per heavy atom. The van der Waals surface area contributed by atoms with Gasteiger partial charge in [0.2, 0.25) is 0 Å². The molecule has 0 bridgehead atoms. The fourth-order valence-electron chi connectivity index (χ4n) is 4.73. The maximum Gasteiger partial charge on any atom is 0.305 e. The molecule has 0 saturated heterocycles. The minimum atomic E-state index is -1.14. The number of fused-ring (bicyclic) bond motifs is 1. The molecule has 0 aromatic heterocycles. The van der Waals surface area contributed by atoms with Crippen LogP contribution in [-0.4, -0.2) is 39.1 Å². The monoisotopic (exact) mass is 438 g/mol. The van der Waals surface area contributed by atoms with Crippen LogP contribution in [-0.2, 0) is 4.79 Å². The Labute approximate surface area is 186 Å². The van der Waals surface area contributed by atoms with Gasteiger partial charge >= 0.3 is 5.97 Å². The average molecular weight is 438 g/mol. The molecule has 6 heteroatoms. The van der Waals surface area contributed by atoms with Crippen LogP contribution in [0.1, 0.15) is 49.7 Å². The second-order valence-electron chi connectivity index (χ2n) is 8.51. The molecule has 2 atom stereocenters. The highest BCUT2D eigenvalue weighted by Crippen LogP contribution is 2.50. The van der Waals surface area contributed by atoms with Crippen molar-refractivity contribution < 1.29 is 29.2 Å². The van der Waals surface area contributed by atoms with Crippen LogP contribution in [0.15, 0.2) is 66.3 Å². The van der Waals surface area contributed by atoms with Gasteiger partial charge < -0.3 is 20.1 Å². The van der Waals surface area contributed by atoms with Crippen LogP contribution >= 0.6 is 0 Å². The molecule has 2 aromatic carbocycles. The van der Waals surface area contributed by atoms with E-state index in [9.17, 15) is 19.4 Å². The first-order valence-corrected chi connectivity index (χ1v) is 10.9. The van der Waals surface area contributed by atoms with Gasteiger partial charge in [-0.15, -0.1) is 0 Å². The third kappa shape index (κ3) is 4.61. The first-order chi connectivity index (χ1) is 15.4. The van der Waals surface area contributed by atoms with Crippen molar-refractivity contribution >= 4 is 11.5 Å². The molecule has 0 amide bonds. The predicted molar refractivity (Wildman–Crippen MR) is 119 cm³/mol. The second kappa shape index (κ2) is 9.27. The smallest absolute Gasteiger partial charge is 0.305 e. The first-order valence-electron chi connectivity index (χ1n) is 10.9.